The van der Waals surface area contributed by atoms with Gasteiger partial charge in [-0.25, -0.2) is 4.98 Å². The first kappa shape index (κ1) is 24.2. The van der Waals surface area contributed by atoms with Crippen molar-refractivity contribution >= 4 is 21.7 Å². The molecule has 3 N–H and O–H groups in total. The first-order chi connectivity index (χ1) is 13.4. The zero-order valence-electron chi connectivity index (χ0n) is 17.1. The van der Waals surface area contributed by atoms with Gasteiger partial charge in [0, 0.05) is 37.6 Å². The summed E-state index contributed by atoms with van der Waals surface area (Å²) in [5.74, 6) is 1.57. The van der Waals surface area contributed by atoms with E-state index >= 15 is 0 Å². The molecule has 1 heterocycles. The van der Waals surface area contributed by atoms with Crippen molar-refractivity contribution < 1.29 is 27.2 Å². The van der Waals surface area contributed by atoms with Crippen LogP contribution in [0.3, 0.4) is 0 Å². The van der Waals surface area contributed by atoms with Gasteiger partial charge in [0.25, 0.3) is 10.1 Å². The zero-order valence-corrected chi connectivity index (χ0v) is 17.9. The van der Waals surface area contributed by atoms with Gasteiger partial charge in [-0.05, 0) is 24.1 Å². The normalized spacial score (nSPS) is 10.7. The molecule has 0 aliphatic rings. The summed E-state index contributed by atoms with van der Waals surface area (Å²) in [6, 6.07) is 8.91. The Morgan fingerprint density at radius 1 is 1.24 bits per heavy atom. The van der Waals surface area contributed by atoms with Crippen LogP contribution < -0.4 is 20.1 Å². The largest absolute Gasteiger partial charge is 0.493 e. The summed E-state index contributed by atoms with van der Waals surface area (Å²) >= 11 is 0. The Kier molecular flexibility index (Phi) is 8.86. The molecule has 0 radical (unpaired) electrons. The van der Waals surface area contributed by atoms with E-state index < -0.39 is 16.0 Å². The van der Waals surface area contributed by atoms with E-state index in [2.05, 4.69) is 23.7 Å². The van der Waals surface area contributed by atoms with Gasteiger partial charge in [-0.2, -0.15) is 8.42 Å². The van der Waals surface area contributed by atoms with Crippen LogP contribution in [0.5, 0.6) is 17.4 Å². The number of ether oxygens (including phenoxy) is 2. The molecule has 0 atom stereocenters. The highest BCUT2D eigenvalue weighted by molar-refractivity contribution is 7.85. The Labute approximate surface area is 171 Å². The van der Waals surface area contributed by atoms with Crippen molar-refractivity contribution in [3.8, 4) is 17.4 Å². The molecular weight excluding hydrogens is 398 g/mol. The molecule has 0 aliphatic heterocycles. The zero-order chi connectivity index (χ0) is 22.2. The van der Waals surface area contributed by atoms with E-state index in [4.69, 9.17) is 19.8 Å². The van der Waals surface area contributed by atoms with E-state index in [0.29, 0.717) is 35.1 Å². The highest BCUT2D eigenvalue weighted by Gasteiger charge is 2.11. The topological polar surface area (TPSA) is 132 Å². The molecular formula is C19H27N3O6S. The maximum Gasteiger partial charge on any atom is 0.261 e. The Balaban J connectivity index is 0.000000749. The standard InChI is InChI=1S/C18H23N3O3.CH4O3S/c1-12(2)11-21(3)14-6-7-15(16(9-14)23-4)24-17-8-5-13(10-20-17)18(19)22;1-5(2,3)4/h5-10,12H,11H2,1-4H3,(H2,19,22);1H3,(H,2,3,4). The highest BCUT2D eigenvalue weighted by Crippen LogP contribution is 2.34. The number of anilines is 1. The lowest BCUT2D eigenvalue weighted by Crippen LogP contribution is -2.22. The summed E-state index contributed by atoms with van der Waals surface area (Å²) in [5, 5.41) is 0. The second-order valence-corrected chi connectivity index (χ2v) is 8.16. The molecule has 29 heavy (non-hydrogen) atoms. The Morgan fingerprint density at radius 3 is 2.31 bits per heavy atom. The summed E-state index contributed by atoms with van der Waals surface area (Å²) in [6.07, 6.45) is 2.10. The molecule has 0 saturated carbocycles. The lowest BCUT2D eigenvalue weighted by Gasteiger charge is -2.22. The molecule has 1 amide bonds. The summed E-state index contributed by atoms with van der Waals surface area (Å²) in [7, 11) is -0.0303. The minimum atomic E-state index is -3.67. The number of hydrogen-bond acceptors (Lipinski definition) is 7. The Morgan fingerprint density at radius 2 is 1.86 bits per heavy atom. The van der Waals surface area contributed by atoms with Gasteiger partial charge in [0.15, 0.2) is 11.5 Å². The fourth-order valence-corrected chi connectivity index (χ4v) is 2.33. The Hall–Kier alpha value is -2.85. The van der Waals surface area contributed by atoms with Crippen LogP contribution in [0.25, 0.3) is 0 Å². The van der Waals surface area contributed by atoms with Crippen LogP contribution >= 0.6 is 0 Å². The van der Waals surface area contributed by atoms with E-state index in [1.807, 2.05) is 25.2 Å². The smallest absolute Gasteiger partial charge is 0.261 e. The van der Waals surface area contributed by atoms with Gasteiger partial charge < -0.3 is 20.1 Å². The number of benzene rings is 1. The number of nitrogens with two attached hydrogens (primary N) is 1. The molecule has 2 aromatic rings. The van der Waals surface area contributed by atoms with Gasteiger partial charge in [0.05, 0.1) is 18.9 Å². The lowest BCUT2D eigenvalue weighted by molar-refractivity contribution is 0.1000. The molecule has 1 aromatic heterocycles. The molecule has 0 bridgehead atoms. The summed E-state index contributed by atoms with van der Waals surface area (Å²) in [6.45, 7) is 5.29. The SMILES string of the molecule is COc1cc(N(C)CC(C)C)ccc1Oc1ccc(C(N)=O)cn1.CS(=O)(=O)O. The van der Waals surface area contributed by atoms with E-state index in [1.54, 1.807) is 19.2 Å². The van der Waals surface area contributed by atoms with Crippen LogP contribution in [0.15, 0.2) is 36.5 Å². The van der Waals surface area contributed by atoms with Crippen LogP contribution in [-0.4, -0.2) is 50.8 Å². The summed E-state index contributed by atoms with van der Waals surface area (Å²) in [5.41, 5.74) is 6.58. The molecule has 9 nitrogen and oxygen atoms in total. The first-order valence-electron chi connectivity index (χ1n) is 8.66. The lowest BCUT2D eigenvalue weighted by atomic mass is 10.2. The van der Waals surface area contributed by atoms with Gasteiger partial charge in [-0.15, -0.1) is 0 Å². The second kappa shape index (κ2) is 10.6. The number of aromatic nitrogens is 1. The van der Waals surface area contributed by atoms with Crippen molar-refractivity contribution in [2.75, 3.05) is 31.9 Å². The van der Waals surface area contributed by atoms with E-state index in [0.717, 1.165) is 12.2 Å². The molecule has 1 aromatic carbocycles. The van der Waals surface area contributed by atoms with E-state index in [9.17, 15) is 13.2 Å². The van der Waals surface area contributed by atoms with Crippen LogP contribution in [-0.2, 0) is 10.1 Å². The van der Waals surface area contributed by atoms with Gasteiger partial charge in [0.1, 0.15) is 0 Å². The number of amides is 1. The molecule has 2 rings (SSSR count). The van der Waals surface area contributed by atoms with Crippen LogP contribution in [0, 0.1) is 5.92 Å². The second-order valence-electron chi connectivity index (χ2n) is 6.69. The molecule has 0 fully saturated rings. The van der Waals surface area contributed by atoms with E-state index in [1.165, 1.54) is 6.20 Å². The predicted octanol–water partition coefficient (Wildman–Crippen LogP) is 2.58. The first-order valence-corrected chi connectivity index (χ1v) is 10.5. The minimum Gasteiger partial charge on any atom is -0.493 e. The number of methoxy groups -OCH3 is 1. The van der Waals surface area contributed by atoms with Crippen molar-refractivity contribution in [3.05, 3.63) is 42.1 Å². The van der Waals surface area contributed by atoms with Crippen molar-refractivity contribution in [1.82, 2.24) is 4.98 Å². The van der Waals surface area contributed by atoms with Crippen molar-refractivity contribution in [2.45, 2.75) is 13.8 Å². The third kappa shape index (κ3) is 9.26. The van der Waals surface area contributed by atoms with Crippen LogP contribution in [0.2, 0.25) is 0 Å². The number of primary amides is 1. The van der Waals surface area contributed by atoms with E-state index in [-0.39, 0.29) is 0 Å². The average molecular weight is 426 g/mol. The molecule has 160 valence electrons. The fraction of sp³-hybridized carbons (Fsp3) is 0.368. The molecule has 0 spiro atoms. The third-order valence-electron chi connectivity index (χ3n) is 3.46. The van der Waals surface area contributed by atoms with Crippen LogP contribution in [0.1, 0.15) is 24.2 Å². The quantitative estimate of drug-likeness (QED) is 0.647. The minimum absolute atomic E-state index is 0.333. The molecule has 0 saturated heterocycles. The highest BCUT2D eigenvalue weighted by atomic mass is 32.2. The maximum atomic E-state index is 11.1. The monoisotopic (exact) mass is 425 g/mol. The summed E-state index contributed by atoms with van der Waals surface area (Å²) in [4.78, 5) is 17.3. The maximum absolute atomic E-state index is 11.1. The van der Waals surface area contributed by atoms with Gasteiger partial charge in [-0.1, -0.05) is 13.8 Å². The third-order valence-corrected chi connectivity index (χ3v) is 3.46. The number of carbonyl (C=O) groups is 1. The average Bonchev–Trinajstić information content (AvgIpc) is 2.60. The van der Waals surface area contributed by atoms with Crippen LogP contribution in [0.4, 0.5) is 5.69 Å². The van der Waals surface area contributed by atoms with Crippen molar-refractivity contribution in [1.29, 1.82) is 0 Å². The summed E-state index contributed by atoms with van der Waals surface area (Å²) < 4.78 is 37.0. The van der Waals surface area contributed by atoms with Gasteiger partial charge >= 0.3 is 0 Å². The molecule has 10 heteroatoms. The predicted molar refractivity (Wildman–Crippen MR) is 111 cm³/mol. The molecule has 0 aliphatic carbocycles. The number of nitrogens with zero attached hydrogens (tertiary/aromatic N) is 2. The fourth-order valence-electron chi connectivity index (χ4n) is 2.33. The Bertz CT molecular complexity index is 906. The van der Waals surface area contributed by atoms with Gasteiger partial charge in [0.2, 0.25) is 11.8 Å². The number of hydrogen-bond donors (Lipinski definition) is 2. The van der Waals surface area contributed by atoms with Gasteiger partial charge in [-0.3, -0.25) is 9.35 Å². The van der Waals surface area contributed by atoms with Crippen molar-refractivity contribution in [2.24, 2.45) is 11.7 Å². The van der Waals surface area contributed by atoms with Crippen molar-refractivity contribution in [3.63, 3.8) is 0 Å². The number of carbonyl (C=O) groups excluding carboxylic acids is 1. The number of pyridine rings is 1. The number of rotatable bonds is 7. The molecule has 0 unspecified atom stereocenters.